The third-order valence-corrected chi connectivity index (χ3v) is 3.13. The summed E-state index contributed by atoms with van der Waals surface area (Å²) in [6.45, 7) is 8.26. The SMILES string of the molecule is CC(OC(=O)c1ccc2c(c1)OCCCO2)C(=O)NC(C)(C)C. The van der Waals surface area contributed by atoms with Gasteiger partial charge >= 0.3 is 5.97 Å². The predicted octanol–water partition coefficient (Wildman–Crippen LogP) is 2.31. The van der Waals surface area contributed by atoms with Crippen LogP contribution in [0, 0.1) is 0 Å². The minimum Gasteiger partial charge on any atom is -0.490 e. The fourth-order valence-electron chi connectivity index (χ4n) is 2.04. The fourth-order valence-corrected chi connectivity index (χ4v) is 2.04. The molecule has 1 atom stereocenters. The average molecular weight is 321 g/mol. The molecular formula is C17H23NO5. The second-order valence-electron chi connectivity index (χ2n) is 6.50. The molecular weight excluding hydrogens is 298 g/mol. The van der Waals surface area contributed by atoms with E-state index in [0.29, 0.717) is 30.3 Å². The van der Waals surface area contributed by atoms with Crippen molar-refractivity contribution in [1.29, 1.82) is 0 Å². The van der Waals surface area contributed by atoms with Gasteiger partial charge in [-0.05, 0) is 45.9 Å². The highest BCUT2D eigenvalue weighted by Crippen LogP contribution is 2.30. The number of amides is 1. The zero-order valence-corrected chi connectivity index (χ0v) is 14.0. The van der Waals surface area contributed by atoms with Gasteiger partial charge in [-0.3, -0.25) is 4.79 Å². The van der Waals surface area contributed by atoms with Crippen LogP contribution in [0.4, 0.5) is 0 Å². The van der Waals surface area contributed by atoms with Gasteiger partial charge in [0.25, 0.3) is 5.91 Å². The van der Waals surface area contributed by atoms with E-state index < -0.39 is 12.1 Å². The summed E-state index contributed by atoms with van der Waals surface area (Å²) in [5, 5.41) is 2.77. The van der Waals surface area contributed by atoms with Crippen LogP contribution in [0.3, 0.4) is 0 Å². The molecule has 126 valence electrons. The molecule has 1 amide bonds. The van der Waals surface area contributed by atoms with Crippen LogP contribution in [0.5, 0.6) is 11.5 Å². The molecule has 0 radical (unpaired) electrons. The largest absolute Gasteiger partial charge is 0.490 e. The number of carbonyl (C=O) groups is 2. The van der Waals surface area contributed by atoms with Crippen LogP contribution < -0.4 is 14.8 Å². The van der Waals surface area contributed by atoms with Gasteiger partial charge in [-0.1, -0.05) is 0 Å². The van der Waals surface area contributed by atoms with E-state index in [0.717, 1.165) is 6.42 Å². The van der Waals surface area contributed by atoms with Gasteiger partial charge in [0.2, 0.25) is 0 Å². The third-order valence-electron chi connectivity index (χ3n) is 3.13. The smallest absolute Gasteiger partial charge is 0.339 e. The lowest BCUT2D eigenvalue weighted by Gasteiger charge is -2.23. The second kappa shape index (κ2) is 6.89. The summed E-state index contributed by atoms with van der Waals surface area (Å²) in [6.07, 6.45) is -0.0870. The first kappa shape index (κ1) is 17.1. The molecule has 23 heavy (non-hydrogen) atoms. The molecule has 1 N–H and O–H groups in total. The molecule has 0 saturated carbocycles. The second-order valence-corrected chi connectivity index (χ2v) is 6.50. The number of rotatable bonds is 3. The molecule has 2 rings (SSSR count). The molecule has 0 saturated heterocycles. The van der Waals surface area contributed by atoms with Gasteiger partial charge in [0.05, 0.1) is 18.8 Å². The van der Waals surface area contributed by atoms with E-state index in [4.69, 9.17) is 14.2 Å². The molecule has 1 aromatic carbocycles. The molecule has 0 aromatic heterocycles. The number of ether oxygens (including phenoxy) is 3. The Kier molecular flexibility index (Phi) is 5.13. The lowest BCUT2D eigenvalue weighted by atomic mass is 10.1. The van der Waals surface area contributed by atoms with Crippen molar-refractivity contribution < 1.29 is 23.8 Å². The number of nitrogens with one attached hydrogen (secondary N) is 1. The molecule has 1 aromatic rings. The van der Waals surface area contributed by atoms with Crippen LogP contribution in [-0.4, -0.2) is 36.7 Å². The number of hydrogen-bond donors (Lipinski definition) is 1. The zero-order chi connectivity index (χ0) is 17.0. The molecule has 1 aliphatic heterocycles. The minimum absolute atomic E-state index is 0.324. The van der Waals surface area contributed by atoms with Gasteiger partial charge < -0.3 is 19.5 Å². The number of esters is 1. The topological polar surface area (TPSA) is 73.9 Å². The van der Waals surface area contributed by atoms with Crippen molar-refractivity contribution in [3.63, 3.8) is 0 Å². The van der Waals surface area contributed by atoms with E-state index in [9.17, 15) is 9.59 Å². The van der Waals surface area contributed by atoms with Gasteiger partial charge in [0.1, 0.15) is 0 Å². The summed E-state index contributed by atoms with van der Waals surface area (Å²) >= 11 is 0. The molecule has 0 bridgehead atoms. The first-order valence-electron chi connectivity index (χ1n) is 7.69. The summed E-state index contributed by atoms with van der Waals surface area (Å²) < 4.78 is 16.3. The zero-order valence-electron chi connectivity index (χ0n) is 14.0. The Labute approximate surface area is 136 Å². The Bertz CT molecular complexity index is 591. The van der Waals surface area contributed by atoms with Crippen molar-refractivity contribution >= 4 is 11.9 Å². The van der Waals surface area contributed by atoms with E-state index in [-0.39, 0.29) is 11.4 Å². The summed E-state index contributed by atoms with van der Waals surface area (Å²) in [5.74, 6) is 0.221. The number of hydrogen-bond acceptors (Lipinski definition) is 5. The summed E-state index contributed by atoms with van der Waals surface area (Å²) in [5.41, 5.74) is -0.0582. The molecule has 0 fully saturated rings. The lowest BCUT2D eigenvalue weighted by Crippen LogP contribution is -2.46. The molecule has 1 unspecified atom stereocenters. The molecule has 6 nitrogen and oxygen atoms in total. The van der Waals surface area contributed by atoms with Crippen LogP contribution in [-0.2, 0) is 9.53 Å². The van der Waals surface area contributed by atoms with Gasteiger partial charge in [-0.15, -0.1) is 0 Å². The normalized spacial score (nSPS) is 15.3. The van der Waals surface area contributed by atoms with Crippen molar-refractivity contribution in [3.05, 3.63) is 23.8 Å². The van der Waals surface area contributed by atoms with Crippen molar-refractivity contribution in [2.45, 2.75) is 45.8 Å². The highest BCUT2D eigenvalue weighted by Gasteiger charge is 2.23. The quantitative estimate of drug-likeness (QED) is 0.865. The van der Waals surface area contributed by atoms with Crippen molar-refractivity contribution in [2.75, 3.05) is 13.2 Å². The molecule has 0 aliphatic carbocycles. The van der Waals surface area contributed by atoms with E-state index in [1.54, 1.807) is 25.1 Å². The van der Waals surface area contributed by atoms with Crippen LogP contribution in [0.25, 0.3) is 0 Å². The van der Waals surface area contributed by atoms with Crippen molar-refractivity contribution in [2.24, 2.45) is 0 Å². The van der Waals surface area contributed by atoms with Crippen molar-refractivity contribution in [3.8, 4) is 11.5 Å². The van der Waals surface area contributed by atoms with Gasteiger partial charge in [-0.2, -0.15) is 0 Å². The first-order valence-corrected chi connectivity index (χ1v) is 7.69. The maximum Gasteiger partial charge on any atom is 0.339 e. The Morgan fingerprint density at radius 1 is 1.17 bits per heavy atom. The van der Waals surface area contributed by atoms with Gasteiger partial charge in [0, 0.05) is 12.0 Å². The average Bonchev–Trinajstić information content (AvgIpc) is 2.69. The van der Waals surface area contributed by atoms with E-state index in [2.05, 4.69) is 5.32 Å². The fraction of sp³-hybridized carbons (Fsp3) is 0.529. The van der Waals surface area contributed by atoms with Crippen molar-refractivity contribution in [1.82, 2.24) is 5.32 Å². The molecule has 1 aliphatic rings. The van der Waals surface area contributed by atoms with Crippen LogP contribution in [0.2, 0.25) is 0 Å². The molecule has 0 spiro atoms. The Morgan fingerprint density at radius 3 is 2.48 bits per heavy atom. The van der Waals surface area contributed by atoms with Gasteiger partial charge in [0.15, 0.2) is 17.6 Å². The van der Waals surface area contributed by atoms with E-state index in [1.165, 1.54) is 0 Å². The highest BCUT2D eigenvalue weighted by molar-refractivity contribution is 5.93. The number of benzene rings is 1. The van der Waals surface area contributed by atoms with Crippen LogP contribution in [0.15, 0.2) is 18.2 Å². The first-order chi connectivity index (χ1) is 10.8. The standard InChI is InChI=1S/C17H23NO5/c1-11(15(19)18-17(2,3)4)23-16(20)12-6-7-13-14(10-12)22-9-5-8-21-13/h6-7,10-11H,5,8-9H2,1-4H3,(H,18,19). The Morgan fingerprint density at radius 2 is 1.83 bits per heavy atom. The third kappa shape index (κ3) is 4.87. The molecule has 1 heterocycles. The Balaban J connectivity index is 2.03. The van der Waals surface area contributed by atoms with E-state index in [1.807, 2.05) is 20.8 Å². The maximum atomic E-state index is 12.2. The summed E-state index contributed by atoms with van der Waals surface area (Å²) in [4.78, 5) is 24.2. The van der Waals surface area contributed by atoms with Crippen LogP contribution >= 0.6 is 0 Å². The number of fused-ring (bicyclic) bond motifs is 1. The summed E-state index contributed by atoms with van der Waals surface area (Å²) in [7, 11) is 0. The predicted molar refractivity (Wildman–Crippen MR) is 84.8 cm³/mol. The minimum atomic E-state index is -0.877. The number of carbonyl (C=O) groups excluding carboxylic acids is 2. The summed E-state index contributed by atoms with van der Waals surface area (Å²) in [6, 6.07) is 4.86. The molecule has 6 heteroatoms. The maximum absolute atomic E-state index is 12.2. The van der Waals surface area contributed by atoms with Gasteiger partial charge in [-0.25, -0.2) is 4.79 Å². The lowest BCUT2D eigenvalue weighted by molar-refractivity contribution is -0.130. The Hall–Kier alpha value is -2.24. The van der Waals surface area contributed by atoms with Crippen LogP contribution in [0.1, 0.15) is 44.5 Å². The monoisotopic (exact) mass is 321 g/mol. The van der Waals surface area contributed by atoms with E-state index >= 15 is 0 Å². The highest BCUT2D eigenvalue weighted by atomic mass is 16.5.